The lowest BCUT2D eigenvalue weighted by Crippen LogP contribution is -2.49. The Hall–Kier alpha value is -2.19. The van der Waals surface area contributed by atoms with Crippen LogP contribution in [0.3, 0.4) is 0 Å². The molecular weight excluding hydrogens is 376 g/mol. The Morgan fingerprint density at radius 1 is 1.11 bits per heavy atom. The Bertz CT molecular complexity index is 985. The fourth-order valence-corrected chi connectivity index (χ4v) is 4.87. The third kappa shape index (κ3) is 3.71. The zero-order valence-electron chi connectivity index (χ0n) is 16.3. The van der Waals surface area contributed by atoms with Crippen LogP contribution in [0, 0.1) is 5.92 Å². The molecule has 1 N–H and O–H groups in total. The van der Waals surface area contributed by atoms with Crippen LogP contribution < -0.4 is 4.90 Å². The topological polar surface area (TPSA) is 86.6 Å². The average Bonchev–Trinajstić information content (AvgIpc) is 2.66. The minimum atomic E-state index is -3.17. The van der Waals surface area contributed by atoms with E-state index in [9.17, 15) is 13.5 Å². The first-order chi connectivity index (χ1) is 13.3. The van der Waals surface area contributed by atoms with Crippen LogP contribution >= 0.6 is 0 Å². The molecule has 0 spiro atoms. The largest absolute Gasteiger partial charge is 0.507 e. The summed E-state index contributed by atoms with van der Waals surface area (Å²) in [5, 5.41) is 10.3. The minimum absolute atomic E-state index is 0.166. The van der Waals surface area contributed by atoms with Gasteiger partial charge in [0.2, 0.25) is 10.0 Å². The summed E-state index contributed by atoms with van der Waals surface area (Å²) >= 11 is 0. The van der Waals surface area contributed by atoms with Gasteiger partial charge in [-0.2, -0.15) is 4.31 Å². The number of benzene rings is 1. The molecule has 7 nitrogen and oxygen atoms in total. The molecule has 1 saturated heterocycles. The molecule has 1 aromatic carbocycles. The third-order valence-corrected chi connectivity index (χ3v) is 6.96. The molecule has 2 heterocycles. The molecule has 2 aromatic rings. The molecule has 0 unspecified atom stereocenters. The first kappa shape index (κ1) is 19.1. The molecule has 8 heteroatoms. The van der Waals surface area contributed by atoms with E-state index in [0.29, 0.717) is 43.5 Å². The summed E-state index contributed by atoms with van der Waals surface area (Å²) < 4.78 is 25.2. The predicted molar refractivity (Wildman–Crippen MR) is 109 cm³/mol. The molecule has 1 atom stereocenters. The minimum Gasteiger partial charge on any atom is -0.507 e. The molecule has 2 aliphatic rings. The standard InChI is InChI=1S/C20H26N4O3S/c1-14-7-8-15-17(13-14)21-19(16-5-3-4-6-18(16)25)22-20(15)23-9-11-24(12-10-23)28(2,26)27/h3-6,14,25H,7-13H2,1-2H3/t14-/m1/s1. The fraction of sp³-hybridized carbons (Fsp3) is 0.500. The van der Waals surface area contributed by atoms with Crippen LogP contribution in [0.5, 0.6) is 5.75 Å². The number of aromatic hydroxyl groups is 1. The number of fused-ring (bicyclic) bond motifs is 1. The summed E-state index contributed by atoms with van der Waals surface area (Å²) in [4.78, 5) is 11.8. The first-order valence-corrected chi connectivity index (χ1v) is 11.6. The Balaban J connectivity index is 1.73. The maximum absolute atomic E-state index is 11.8. The van der Waals surface area contributed by atoms with Crippen molar-refractivity contribution in [1.29, 1.82) is 0 Å². The fourth-order valence-electron chi connectivity index (χ4n) is 4.04. The molecule has 1 aliphatic carbocycles. The van der Waals surface area contributed by atoms with Gasteiger partial charge in [-0.15, -0.1) is 0 Å². The highest BCUT2D eigenvalue weighted by Gasteiger charge is 2.29. The van der Waals surface area contributed by atoms with Crippen molar-refractivity contribution in [2.45, 2.75) is 26.2 Å². The van der Waals surface area contributed by atoms with Crippen molar-refractivity contribution in [1.82, 2.24) is 14.3 Å². The molecule has 1 aliphatic heterocycles. The van der Waals surface area contributed by atoms with Gasteiger partial charge in [0.1, 0.15) is 11.6 Å². The van der Waals surface area contributed by atoms with E-state index in [4.69, 9.17) is 9.97 Å². The second-order valence-electron chi connectivity index (χ2n) is 7.81. The summed E-state index contributed by atoms with van der Waals surface area (Å²) in [7, 11) is -3.17. The van der Waals surface area contributed by atoms with Gasteiger partial charge in [-0.05, 0) is 37.3 Å². The second kappa shape index (κ2) is 7.33. The Morgan fingerprint density at radius 2 is 1.82 bits per heavy atom. The number of para-hydroxylation sites is 1. The first-order valence-electron chi connectivity index (χ1n) is 9.71. The number of phenolic OH excluding ortho intramolecular Hbond substituents is 1. The average molecular weight is 403 g/mol. The highest BCUT2D eigenvalue weighted by atomic mass is 32.2. The zero-order valence-corrected chi connectivity index (χ0v) is 17.1. The van der Waals surface area contributed by atoms with E-state index in [1.165, 1.54) is 16.1 Å². The highest BCUT2D eigenvalue weighted by molar-refractivity contribution is 7.88. The molecule has 0 bridgehead atoms. The van der Waals surface area contributed by atoms with Crippen molar-refractivity contribution >= 4 is 15.8 Å². The van der Waals surface area contributed by atoms with Crippen molar-refractivity contribution in [3.63, 3.8) is 0 Å². The van der Waals surface area contributed by atoms with Crippen LogP contribution in [-0.4, -0.2) is 60.2 Å². The lowest BCUT2D eigenvalue weighted by molar-refractivity contribution is 0.385. The number of piperazine rings is 1. The molecule has 0 saturated carbocycles. The van der Waals surface area contributed by atoms with Crippen molar-refractivity contribution in [2.24, 2.45) is 5.92 Å². The van der Waals surface area contributed by atoms with E-state index in [1.807, 2.05) is 12.1 Å². The summed E-state index contributed by atoms with van der Waals surface area (Å²) in [6, 6.07) is 7.12. The van der Waals surface area contributed by atoms with E-state index in [1.54, 1.807) is 12.1 Å². The summed E-state index contributed by atoms with van der Waals surface area (Å²) in [6.07, 6.45) is 4.18. The Labute approximate surface area is 166 Å². The van der Waals surface area contributed by atoms with Crippen molar-refractivity contribution < 1.29 is 13.5 Å². The number of phenols is 1. The SMILES string of the molecule is C[C@@H]1CCc2c(nc(-c3ccccc3O)nc2N2CCN(S(C)(=O)=O)CC2)C1. The lowest BCUT2D eigenvalue weighted by Gasteiger charge is -2.36. The van der Waals surface area contributed by atoms with E-state index < -0.39 is 10.0 Å². The normalized spacial score (nSPS) is 20.8. The van der Waals surface area contributed by atoms with Gasteiger partial charge in [0.25, 0.3) is 0 Å². The van der Waals surface area contributed by atoms with E-state index >= 15 is 0 Å². The van der Waals surface area contributed by atoms with Gasteiger partial charge in [-0.3, -0.25) is 0 Å². The molecule has 1 aromatic heterocycles. The summed E-state index contributed by atoms with van der Waals surface area (Å²) in [6.45, 7) is 4.35. The highest BCUT2D eigenvalue weighted by Crippen LogP contribution is 2.35. The number of rotatable bonds is 3. The molecule has 0 amide bonds. The second-order valence-corrected chi connectivity index (χ2v) is 9.79. The monoisotopic (exact) mass is 402 g/mol. The van der Waals surface area contributed by atoms with Crippen molar-refractivity contribution in [2.75, 3.05) is 37.3 Å². The Morgan fingerprint density at radius 3 is 2.50 bits per heavy atom. The van der Waals surface area contributed by atoms with Crippen LogP contribution in [0.1, 0.15) is 24.6 Å². The van der Waals surface area contributed by atoms with E-state index in [0.717, 1.165) is 30.8 Å². The van der Waals surface area contributed by atoms with Gasteiger partial charge in [-0.1, -0.05) is 19.1 Å². The van der Waals surface area contributed by atoms with Crippen molar-refractivity contribution in [3.05, 3.63) is 35.5 Å². The molecular formula is C20H26N4O3S. The van der Waals surface area contributed by atoms with Gasteiger partial charge in [0.15, 0.2) is 5.82 Å². The predicted octanol–water partition coefficient (Wildman–Crippen LogP) is 2.06. The third-order valence-electron chi connectivity index (χ3n) is 5.65. The van der Waals surface area contributed by atoms with Gasteiger partial charge >= 0.3 is 0 Å². The lowest BCUT2D eigenvalue weighted by atomic mass is 9.88. The number of aromatic nitrogens is 2. The summed E-state index contributed by atoms with van der Waals surface area (Å²) in [5.74, 6) is 2.16. The molecule has 1 fully saturated rings. The Kier molecular flexibility index (Phi) is 5.01. The number of hydrogen-bond acceptors (Lipinski definition) is 6. The van der Waals surface area contributed by atoms with Gasteiger partial charge in [-0.25, -0.2) is 18.4 Å². The van der Waals surface area contributed by atoms with Gasteiger partial charge in [0, 0.05) is 31.7 Å². The van der Waals surface area contributed by atoms with Gasteiger partial charge < -0.3 is 10.0 Å². The maximum atomic E-state index is 11.8. The zero-order chi connectivity index (χ0) is 19.9. The van der Waals surface area contributed by atoms with Crippen LogP contribution in [-0.2, 0) is 22.9 Å². The number of hydrogen-bond donors (Lipinski definition) is 1. The quantitative estimate of drug-likeness (QED) is 0.846. The maximum Gasteiger partial charge on any atom is 0.211 e. The molecule has 28 heavy (non-hydrogen) atoms. The van der Waals surface area contributed by atoms with E-state index in [-0.39, 0.29) is 5.75 Å². The van der Waals surface area contributed by atoms with Crippen LogP contribution in [0.2, 0.25) is 0 Å². The number of nitrogens with zero attached hydrogens (tertiary/aromatic N) is 4. The van der Waals surface area contributed by atoms with Crippen LogP contribution in [0.15, 0.2) is 24.3 Å². The molecule has 150 valence electrons. The number of anilines is 1. The van der Waals surface area contributed by atoms with Crippen molar-refractivity contribution in [3.8, 4) is 17.1 Å². The van der Waals surface area contributed by atoms with Crippen LogP contribution in [0.4, 0.5) is 5.82 Å². The van der Waals surface area contributed by atoms with E-state index in [2.05, 4.69) is 11.8 Å². The smallest absolute Gasteiger partial charge is 0.211 e. The molecule has 4 rings (SSSR count). The van der Waals surface area contributed by atoms with Gasteiger partial charge in [0.05, 0.1) is 17.5 Å². The molecule has 0 radical (unpaired) electrons. The number of sulfonamides is 1. The summed E-state index contributed by atoms with van der Waals surface area (Å²) in [5.41, 5.74) is 2.84. The van der Waals surface area contributed by atoms with Crippen LogP contribution in [0.25, 0.3) is 11.4 Å².